The molecule has 0 atom stereocenters. The van der Waals surface area contributed by atoms with Crippen LogP contribution in [0.3, 0.4) is 0 Å². The molecule has 0 saturated carbocycles. The van der Waals surface area contributed by atoms with E-state index in [0.29, 0.717) is 0 Å². The zero-order valence-corrected chi connectivity index (χ0v) is 12.6. The Kier molecular flexibility index (Phi) is 3.09. The number of hydrogen-bond acceptors (Lipinski definition) is 3. The van der Waals surface area contributed by atoms with Gasteiger partial charge >= 0.3 is 0 Å². The van der Waals surface area contributed by atoms with E-state index in [2.05, 4.69) is 49.7 Å². The quantitative estimate of drug-likeness (QED) is 0.894. The summed E-state index contributed by atoms with van der Waals surface area (Å²) in [6, 6.07) is 6.56. The molecule has 0 saturated heterocycles. The summed E-state index contributed by atoms with van der Waals surface area (Å²) in [5.74, 6) is 0. The van der Waals surface area contributed by atoms with Crippen molar-refractivity contribution in [3.05, 3.63) is 45.4 Å². The molecule has 0 fully saturated rings. The molecule has 2 heterocycles. The fourth-order valence-corrected chi connectivity index (χ4v) is 3.53. The van der Waals surface area contributed by atoms with Crippen molar-refractivity contribution in [1.82, 2.24) is 4.98 Å². The number of rotatable bonds is 2. The molecule has 1 aromatic heterocycles. The average Bonchev–Trinajstić information content (AvgIpc) is 2.96. The van der Waals surface area contributed by atoms with Crippen LogP contribution in [0.15, 0.2) is 23.6 Å². The molecular weight excluding hydrogens is 252 g/mol. The van der Waals surface area contributed by atoms with Crippen molar-refractivity contribution in [3.63, 3.8) is 0 Å². The van der Waals surface area contributed by atoms with Crippen molar-refractivity contribution in [2.75, 3.05) is 11.9 Å². The van der Waals surface area contributed by atoms with Gasteiger partial charge in [-0.05, 0) is 23.6 Å². The van der Waals surface area contributed by atoms with Crippen LogP contribution in [0.5, 0.6) is 0 Å². The lowest BCUT2D eigenvalue weighted by Crippen LogP contribution is -2.11. The Labute approximate surface area is 118 Å². The monoisotopic (exact) mass is 272 g/mol. The fraction of sp³-hybridized carbons (Fsp3) is 0.438. The van der Waals surface area contributed by atoms with Crippen LogP contribution in [0.2, 0.25) is 0 Å². The Morgan fingerprint density at radius 2 is 2.16 bits per heavy atom. The number of thiazole rings is 1. The van der Waals surface area contributed by atoms with Gasteiger partial charge in [-0.1, -0.05) is 32.9 Å². The third-order valence-electron chi connectivity index (χ3n) is 3.63. The first-order valence-corrected chi connectivity index (χ1v) is 7.71. The highest BCUT2D eigenvalue weighted by Gasteiger charge is 2.19. The number of benzene rings is 1. The maximum atomic E-state index is 4.80. The van der Waals surface area contributed by atoms with Crippen LogP contribution in [0.25, 0.3) is 0 Å². The van der Waals surface area contributed by atoms with Gasteiger partial charge in [0.2, 0.25) is 0 Å². The number of aromatic nitrogens is 1. The normalized spacial score (nSPS) is 14.3. The highest BCUT2D eigenvalue weighted by atomic mass is 32.1. The van der Waals surface area contributed by atoms with Crippen molar-refractivity contribution in [2.45, 2.75) is 39.0 Å². The summed E-state index contributed by atoms with van der Waals surface area (Å²) in [4.78, 5) is 4.80. The molecule has 0 unspecified atom stereocenters. The lowest BCUT2D eigenvalue weighted by atomic mass is 9.93. The second kappa shape index (κ2) is 4.64. The number of hydrogen-bond donors (Lipinski definition) is 1. The minimum Gasteiger partial charge on any atom is -0.384 e. The van der Waals surface area contributed by atoms with Crippen LogP contribution in [0.4, 0.5) is 5.69 Å². The first kappa shape index (κ1) is 12.7. The van der Waals surface area contributed by atoms with Gasteiger partial charge in [-0.15, -0.1) is 11.3 Å². The molecule has 2 nitrogen and oxygen atoms in total. The number of fused-ring (bicyclic) bond motifs is 1. The van der Waals surface area contributed by atoms with Gasteiger partial charge in [-0.25, -0.2) is 4.98 Å². The summed E-state index contributed by atoms with van der Waals surface area (Å²) < 4.78 is 0. The van der Waals surface area contributed by atoms with E-state index in [0.717, 1.165) is 19.4 Å². The van der Waals surface area contributed by atoms with Crippen LogP contribution in [0.1, 0.15) is 42.6 Å². The maximum absolute atomic E-state index is 4.80. The van der Waals surface area contributed by atoms with Gasteiger partial charge < -0.3 is 5.32 Å². The van der Waals surface area contributed by atoms with Crippen molar-refractivity contribution in [1.29, 1.82) is 0 Å². The summed E-state index contributed by atoms with van der Waals surface area (Å²) in [6.45, 7) is 7.72. The highest BCUT2D eigenvalue weighted by Crippen LogP contribution is 2.29. The summed E-state index contributed by atoms with van der Waals surface area (Å²) in [7, 11) is 0. The standard InChI is InChI=1S/C16H20N2S/c1-16(2,3)14-10-19-15(18-14)9-11-5-4-6-13-12(11)7-8-17-13/h4-6,10,17H,7-9H2,1-3H3. The van der Waals surface area contributed by atoms with Crippen LogP contribution in [-0.2, 0) is 18.3 Å². The van der Waals surface area contributed by atoms with E-state index in [1.807, 2.05) is 0 Å². The second-order valence-corrected chi connectivity index (χ2v) is 7.12. The summed E-state index contributed by atoms with van der Waals surface area (Å²) in [5.41, 5.74) is 5.57. The van der Waals surface area contributed by atoms with E-state index in [-0.39, 0.29) is 5.41 Å². The van der Waals surface area contributed by atoms with Gasteiger partial charge in [-0.2, -0.15) is 0 Å². The first-order chi connectivity index (χ1) is 9.04. The molecule has 0 amide bonds. The molecule has 1 aliphatic rings. The van der Waals surface area contributed by atoms with Gasteiger partial charge in [0.25, 0.3) is 0 Å². The molecule has 3 rings (SSSR count). The SMILES string of the molecule is CC(C)(C)c1csc(Cc2cccc3c2CCN3)n1. The predicted octanol–water partition coefficient (Wildman–Crippen LogP) is 4.00. The van der Waals surface area contributed by atoms with Crippen molar-refractivity contribution in [2.24, 2.45) is 0 Å². The minimum absolute atomic E-state index is 0.148. The van der Waals surface area contributed by atoms with Gasteiger partial charge in [-0.3, -0.25) is 0 Å². The van der Waals surface area contributed by atoms with Gasteiger partial charge in [0.15, 0.2) is 0 Å². The van der Waals surface area contributed by atoms with Crippen LogP contribution in [0, 0.1) is 0 Å². The average molecular weight is 272 g/mol. The number of nitrogens with one attached hydrogen (secondary N) is 1. The summed E-state index contributed by atoms with van der Waals surface area (Å²) in [5, 5.41) is 6.87. The lowest BCUT2D eigenvalue weighted by molar-refractivity contribution is 0.571. The highest BCUT2D eigenvalue weighted by molar-refractivity contribution is 7.09. The van der Waals surface area contributed by atoms with E-state index < -0.39 is 0 Å². The molecule has 2 aromatic rings. The largest absolute Gasteiger partial charge is 0.384 e. The van der Waals surface area contributed by atoms with Gasteiger partial charge in [0.1, 0.15) is 0 Å². The van der Waals surface area contributed by atoms with E-state index in [4.69, 9.17) is 4.98 Å². The second-order valence-electron chi connectivity index (χ2n) is 6.17. The fourth-order valence-electron chi connectivity index (χ4n) is 2.48. The van der Waals surface area contributed by atoms with E-state index in [1.54, 1.807) is 11.3 Å². The molecule has 0 spiro atoms. The smallest absolute Gasteiger partial charge is 0.0972 e. The van der Waals surface area contributed by atoms with Gasteiger partial charge in [0.05, 0.1) is 10.7 Å². The topological polar surface area (TPSA) is 24.9 Å². The van der Waals surface area contributed by atoms with Crippen LogP contribution in [-0.4, -0.2) is 11.5 Å². The lowest BCUT2D eigenvalue weighted by Gasteiger charge is -2.14. The number of anilines is 1. The predicted molar refractivity (Wildman–Crippen MR) is 82.3 cm³/mol. The molecule has 100 valence electrons. The maximum Gasteiger partial charge on any atom is 0.0972 e. The molecule has 19 heavy (non-hydrogen) atoms. The van der Waals surface area contributed by atoms with Crippen LogP contribution >= 0.6 is 11.3 Å². The zero-order valence-electron chi connectivity index (χ0n) is 11.8. The van der Waals surface area contributed by atoms with Gasteiger partial charge in [0, 0.05) is 29.4 Å². The summed E-state index contributed by atoms with van der Waals surface area (Å²) >= 11 is 1.79. The molecule has 3 heteroatoms. The molecule has 1 aliphatic heterocycles. The minimum atomic E-state index is 0.148. The Bertz CT molecular complexity index is 593. The first-order valence-electron chi connectivity index (χ1n) is 6.83. The van der Waals surface area contributed by atoms with E-state index in [1.165, 1.54) is 27.5 Å². The third-order valence-corrected chi connectivity index (χ3v) is 4.47. The van der Waals surface area contributed by atoms with Crippen molar-refractivity contribution in [3.8, 4) is 0 Å². The zero-order chi connectivity index (χ0) is 13.5. The third kappa shape index (κ3) is 2.52. The molecule has 0 radical (unpaired) electrons. The molecular formula is C16H20N2S. The number of nitrogens with zero attached hydrogens (tertiary/aromatic N) is 1. The Morgan fingerprint density at radius 1 is 1.32 bits per heavy atom. The molecule has 0 bridgehead atoms. The molecule has 1 N–H and O–H groups in total. The van der Waals surface area contributed by atoms with Crippen LogP contribution < -0.4 is 5.32 Å². The van der Waals surface area contributed by atoms with Crippen molar-refractivity contribution < 1.29 is 0 Å². The van der Waals surface area contributed by atoms with E-state index >= 15 is 0 Å². The molecule has 1 aromatic carbocycles. The molecule has 0 aliphatic carbocycles. The van der Waals surface area contributed by atoms with E-state index in [9.17, 15) is 0 Å². The Balaban J connectivity index is 1.86. The Morgan fingerprint density at radius 3 is 2.89 bits per heavy atom. The summed E-state index contributed by atoms with van der Waals surface area (Å²) in [6.07, 6.45) is 2.11. The van der Waals surface area contributed by atoms with Crippen molar-refractivity contribution >= 4 is 17.0 Å². The Hall–Kier alpha value is -1.35.